The lowest BCUT2D eigenvalue weighted by molar-refractivity contribution is -0.123. The molecule has 0 fully saturated rings. The van der Waals surface area contributed by atoms with Crippen molar-refractivity contribution in [2.75, 3.05) is 18.5 Å². The minimum Gasteiger partial charge on any atom is -0.444 e. The third-order valence-corrected chi connectivity index (χ3v) is 4.35. The van der Waals surface area contributed by atoms with Crippen molar-refractivity contribution >= 4 is 40.9 Å². The minimum atomic E-state index is -0.777. The maximum absolute atomic E-state index is 12.9. The van der Waals surface area contributed by atoms with Gasteiger partial charge in [0.15, 0.2) is 0 Å². The van der Waals surface area contributed by atoms with Crippen LogP contribution in [0.2, 0.25) is 10.0 Å². The van der Waals surface area contributed by atoms with E-state index in [9.17, 15) is 14.7 Å². The Morgan fingerprint density at radius 2 is 1.85 bits per heavy atom. The SMILES string of the molecule is CC(C)C(C(=O)Nc1ccc(Cl)c(Cl)c1)N(CCCO)C(=O)OC(C)(C)C. The van der Waals surface area contributed by atoms with Crippen LogP contribution < -0.4 is 5.32 Å². The Kier molecular flexibility index (Phi) is 8.85. The summed E-state index contributed by atoms with van der Waals surface area (Å²) < 4.78 is 5.45. The fraction of sp³-hybridized carbons (Fsp3) is 0.579. The van der Waals surface area contributed by atoms with E-state index in [0.29, 0.717) is 22.2 Å². The number of nitrogens with zero attached hydrogens (tertiary/aromatic N) is 1. The molecule has 2 N–H and O–H groups in total. The van der Waals surface area contributed by atoms with Crippen LogP contribution in [0.1, 0.15) is 41.0 Å². The Labute approximate surface area is 170 Å². The fourth-order valence-electron chi connectivity index (χ4n) is 2.50. The summed E-state index contributed by atoms with van der Waals surface area (Å²) in [6, 6.07) is 3.99. The number of halogens is 2. The van der Waals surface area contributed by atoms with E-state index < -0.39 is 17.7 Å². The number of hydrogen-bond acceptors (Lipinski definition) is 4. The van der Waals surface area contributed by atoms with Crippen molar-refractivity contribution < 1.29 is 19.4 Å². The van der Waals surface area contributed by atoms with Gasteiger partial charge in [-0.25, -0.2) is 4.79 Å². The second-order valence-corrected chi connectivity index (χ2v) is 8.37. The topological polar surface area (TPSA) is 78.9 Å². The number of amides is 2. The highest BCUT2D eigenvalue weighted by molar-refractivity contribution is 6.42. The molecular weight excluding hydrogens is 391 g/mol. The number of ether oxygens (including phenoxy) is 1. The average molecular weight is 419 g/mol. The highest BCUT2D eigenvalue weighted by Gasteiger charge is 2.35. The summed E-state index contributed by atoms with van der Waals surface area (Å²) in [5.41, 5.74) is -0.220. The molecular formula is C19H28Cl2N2O4. The molecule has 0 aromatic heterocycles. The molecule has 6 nitrogen and oxygen atoms in total. The van der Waals surface area contributed by atoms with Gasteiger partial charge >= 0.3 is 6.09 Å². The van der Waals surface area contributed by atoms with Gasteiger partial charge < -0.3 is 15.2 Å². The molecule has 0 saturated heterocycles. The lowest BCUT2D eigenvalue weighted by Gasteiger charge is -2.34. The van der Waals surface area contributed by atoms with Crippen molar-refractivity contribution in [2.24, 2.45) is 5.92 Å². The molecule has 0 spiro atoms. The Bertz CT molecular complexity index is 660. The van der Waals surface area contributed by atoms with E-state index in [1.165, 1.54) is 4.90 Å². The second-order valence-electron chi connectivity index (χ2n) is 7.56. The highest BCUT2D eigenvalue weighted by atomic mass is 35.5. The zero-order valence-corrected chi connectivity index (χ0v) is 17.9. The molecule has 1 aromatic rings. The van der Waals surface area contributed by atoms with Crippen molar-refractivity contribution in [3.05, 3.63) is 28.2 Å². The summed E-state index contributed by atoms with van der Waals surface area (Å²) in [5, 5.41) is 12.6. The Morgan fingerprint density at radius 1 is 1.22 bits per heavy atom. The molecule has 1 rings (SSSR count). The van der Waals surface area contributed by atoms with Gasteiger partial charge in [-0.2, -0.15) is 0 Å². The van der Waals surface area contributed by atoms with Crippen LogP contribution in [0.5, 0.6) is 0 Å². The van der Waals surface area contributed by atoms with Gasteiger partial charge in [0.2, 0.25) is 5.91 Å². The van der Waals surface area contributed by atoms with E-state index in [1.807, 2.05) is 13.8 Å². The van der Waals surface area contributed by atoms with Crippen molar-refractivity contribution in [1.82, 2.24) is 4.90 Å². The van der Waals surface area contributed by atoms with Gasteiger partial charge in [-0.15, -0.1) is 0 Å². The van der Waals surface area contributed by atoms with Crippen molar-refractivity contribution in [2.45, 2.75) is 52.7 Å². The first-order valence-corrected chi connectivity index (χ1v) is 9.58. The third-order valence-electron chi connectivity index (χ3n) is 3.61. The first-order valence-electron chi connectivity index (χ1n) is 8.82. The quantitative estimate of drug-likeness (QED) is 0.678. The summed E-state index contributed by atoms with van der Waals surface area (Å²) in [7, 11) is 0. The van der Waals surface area contributed by atoms with Crippen LogP contribution in [0.3, 0.4) is 0 Å². The maximum Gasteiger partial charge on any atom is 0.410 e. The van der Waals surface area contributed by atoms with E-state index in [4.69, 9.17) is 27.9 Å². The van der Waals surface area contributed by atoms with Crippen molar-refractivity contribution in [1.29, 1.82) is 0 Å². The maximum atomic E-state index is 12.9. The summed E-state index contributed by atoms with van der Waals surface area (Å²) in [6.45, 7) is 9.06. The number of hydrogen-bond donors (Lipinski definition) is 2. The number of carbonyl (C=O) groups is 2. The van der Waals surface area contributed by atoms with Gasteiger partial charge in [-0.3, -0.25) is 9.69 Å². The molecule has 0 aliphatic carbocycles. The lowest BCUT2D eigenvalue weighted by atomic mass is 10.0. The van der Waals surface area contributed by atoms with Crippen LogP contribution in [0.15, 0.2) is 18.2 Å². The van der Waals surface area contributed by atoms with Crippen molar-refractivity contribution in [3.8, 4) is 0 Å². The molecule has 1 aromatic carbocycles. The number of carbonyl (C=O) groups excluding carboxylic acids is 2. The number of aliphatic hydroxyl groups excluding tert-OH is 1. The molecule has 0 aliphatic rings. The van der Waals surface area contributed by atoms with E-state index in [2.05, 4.69) is 5.32 Å². The van der Waals surface area contributed by atoms with E-state index >= 15 is 0 Å². The van der Waals surface area contributed by atoms with Crippen LogP contribution in [0, 0.1) is 5.92 Å². The summed E-state index contributed by atoms with van der Waals surface area (Å²) in [6.07, 6.45) is -0.262. The molecule has 152 valence electrons. The zero-order chi connectivity index (χ0) is 20.8. The lowest BCUT2D eigenvalue weighted by Crippen LogP contribution is -2.52. The van der Waals surface area contributed by atoms with Gasteiger partial charge in [0.25, 0.3) is 0 Å². The molecule has 0 bridgehead atoms. The first kappa shape index (κ1) is 23.5. The molecule has 1 unspecified atom stereocenters. The number of nitrogens with one attached hydrogen (secondary N) is 1. The average Bonchev–Trinajstić information content (AvgIpc) is 2.52. The summed E-state index contributed by atoms with van der Waals surface area (Å²) in [5.74, 6) is -0.550. The fourth-order valence-corrected chi connectivity index (χ4v) is 2.80. The summed E-state index contributed by atoms with van der Waals surface area (Å²) >= 11 is 11.9. The largest absolute Gasteiger partial charge is 0.444 e. The van der Waals surface area contributed by atoms with Crippen LogP contribution in [0.25, 0.3) is 0 Å². The Morgan fingerprint density at radius 3 is 2.33 bits per heavy atom. The first-order chi connectivity index (χ1) is 12.5. The second kappa shape index (κ2) is 10.2. The third kappa shape index (κ3) is 7.56. The highest BCUT2D eigenvalue weighted by Crippen LogP contribution is 2.26. The smallest absolute Gasteiger partial charge is 0.410 e. The predicted octanol–water partition coefficient (Wildman–Crippen LogP) is 4.58. The molecule has 0 heterocycles. The van der Waals surface area contributed by atoms with E-state index in [-0.39, 0.29) is 25.0 Å². The monoisotopic (exact) mass is 418 g/mol. The van der Waals surface area contributed by atoms with Crippen LogP contribution in [0.4, 0.5) is 10.5 Å². The molecule has 27 heavy (non-hydrogen) atoms. The Balaban J connectivity index is 3.08. The van der Waals surface area contributed by atoms with Crippen LogP contribution in [-0.4, -0.2) is 46.8 Å². The standard InChI is InChI=1S/C19H28Cl2N2O4/c1-12(2)16(17(25)22-13-7-8-14(20)15(21)11-13)23(9-6-10-24)18(26)27-19(3,4)5/h7-8,11-12,16,24H,6,9-10H2,1-5H3,(H,22,25). The molecule has 0 radical (unpaired) electrons. The zero-order valence-electron chi connectivity index (χ0n) is 16.4. The van der Waals surface area contributed by atoms with Crippen LogP contribution >= 0.6 is 23.2 Å². The number of rotatable bonds is 7. The molecule has 2 amide bonds. The summed E-state index contributed by atoms with van der Waals surface area (Å²) in [4.78, 5) is 27.0. The van der Waals surface area contributed by atoms with E-state index in [0.717, 1.165) is 0 Å². The van der Waals surface area contributed by atoms with Gasteiger partial charge in [0, 0.05) is 18.8 Å². The molecule has 1 atom stereocenters. The normalized spacial score (nSPS) is 12.6. The van der Waals surface area contributed by atoms with Gasteiger partial charge in [-0.1, -0.05) is 37.0 Å². The number of anilines is 1. The molecule has 0 aliphatic heterocycles. The number of aliphatic hydroxyl groups is 1. The van der Waals surface area contributed by atoms with Crippen molar-refractivity contribution in [3.63, 3.8) is 0 Å². The van der Waals surface area contributed by atoms with Gasteiger partial charge in [0.1, 0.15) is 11.6 Å². The Hall–Kier alpha value is -1.50. The van der Waals surface area contributed by atoms with Gasteiger partial charge in [-0.05, 0) is 51.3 Å². The molecule has 8 heteroatoms. The van der Waals surface area contributed by atoms with Crippen LogP contribution in [-0.2, 0) is 9.53 Å². The predicted molar refractivity (Wildman–Crippen MR) is 108 cm³/mol. The van der Waals surface area contributed by atoms with Gasteiger partial charge in [0.05, 0.1) is 10.0 Å². The minimum absolute atomic E-state index is 0.0987. The molecule has 0 saturated carbocycles. The van der Waals surface area contributed by atoms with E-state index in [1.54, 1.807) is 39.0 Å². The number of benzene rings is 1.